The Kier molecular flexibility index (Phi) is 5.22. The van der Waals surface area contributed by atoms with Crippen molar-refractivity contribution in [2.45, 2.75) is 55.0 Å². The maximum Gasteiger partial charge on any atom is 0.327 e. The normalized spacial score (nSPS) is 41.0. The fourth-order valence-electron chi connectivity index (χ4n) is 5.25. The number of nitrogens with zero attached hydrogens (tertiary/aromatic N) is 2. The van der Waals surface area contributed by atoms with Crippen LogP contribution in [0.3, 0.4) is 0 Å². The minimum absolute atomic E-state index is 0.00631. The number of rotatable bonds is 6. The van der Waals surface area contributed by atoms with Gasteiger partial charge in [0.25, 0.3) is 0 Å². The van der Waals surface area contributed by atoms with Gasteiger partial charge in [-0.3, -0.25) is 4.79 Å². The van der Waals surface area contributed by atoms with E-state index in [1.807, 2.05) is 6.92 Å². The van der Waals surface area contributed by atoms with E-state index in [9.17, 15) is 24.6 Å². The number of carboxylic acid groups (broad SMARTS) is 1. The van der Waals surface area contributed by atoms with Crippen LogP contribution < -0.4 is 10.6 Å². The van der Waals surface area contributed by atoms with Gasteiger partial charge >= 0.3 is 12.0 Å². The van der Waals surface area contributed by atoms with E-state index < -0.39 is 24.0 Å². The molecule has 9 nitrogen and oxygen atoms in total. The molecule has 4 heterocycles. The Hall–Kier alpha value is -1.52. The second-order valence-electron chi connectivity index (χ2n) is 8.39. The van der Waals surface area contributed by atoms with Crippen molar-refractivity contribution in [1.82, 2.24) is 20.4 Å². The number of nitrogens with one attached hydrogen (secondary N) is 2. The predicted octanol–water partition coefficient (Wildman–Crippen LogP) is -0.845. The van der Waals surface area contributed by atoms with Gasteiger partial charge in [0.2, 0.25) is 5.91 Å². The molecular weight excluding hydrogens is 384 g/mol. The van der Waals surface area contributed by atoms with Crippen LogP contribution in [-0.4, -0.2) is 98.8 Å². The number of aliphatic carboxylic acids is 1. The highest BCUT2D eigenvalue weighted by atomic mass is 32.2. The highest BCUT2D eigenvalue weighted by Crippen LogP contribution is 2.50. The van der Waals surface area contributed by atoms with Gasteiger partial charge in [0.15, 0.2) is 0 Å². The molecule has 156 valence electrons. The van der Waals surface area contributed by atoms with E-state index in [-0.39, 0.29) is 40.4 Å². The number of aliphatic hydroxyl groups is 1. The second-order valence-corrected chi connectivity index (χ2v) is 9.87. The third kappa shape index (κ3) is 3.15. The van der Waals surface area contributed by atoms with Gasteiger partial charge in [-0.15, -0.1) is 0 Å². The summed E-state index contributed by atoms with van der Waals surface area (Å²) in [7, 11) is 0. The molecule has 3 amide bonds. The molecule has 4 aliphatic rings. The van der Waals surface area contributed by atoms with Gasteiger partial charge in [-0.25, -0.2) is 9.59 Å². The van der Waals surface area contributed by atoms with Gasteiger partial charge in [0.05, 0.1) is 18.1 Å². The molecule has 4 fully saturated rings. The average molecular weight is 413 g/mol. The van der Waals surface area contributed by atoms with Crippen LogP contribution in [0.4, 0.5) is 4.79 Å². The van der Waals surface area contributed by atoms with E-state index >= 15 is 0 Å². The third-order valence-corrected chi connectivity index (χ3v) is 8.33. The first-order chi connectivity index (χ1) is 13.3. The summed E-state index contributed by atoms with van der Waals surface area (Å²) in [4.78, 5) is 39.4. The molecule has 0 aromatic rings. The number of aliphatic hydroxyl groups excluding tert-OH is 1. The molecule has 10 heteroatoms. The Morgan fingerprint density at radius 1 is 1.39 bits per heavy atom. The predicted molar refractivity (Wildman–Crippen MR) is 103 cm³/mol. The Balaban J connectivity index is 1.40. The summed E-state index contributed by atoms with van der Waals surface area (Å²) < 4.78 is 0. The summed E-state index contributed by atoms with van der Waals surface area (Å²) in [5.74, 6) is -1.71. The molecule has 0 bridgehead atoms. The summed E-state index contributed by atoms with van der Waals surface area (Å²) in [5.41, 5.74) is 0. The van der Waals surface area contributed by atoms with Crippen LogP contribution in [0.1, 0.15) is 20.3 Å². The van der Waals surface area contributed by atoms with E-state index in [0.717, 1.165) is 19.5 Å². The molecule has 0 spiro atoms. The minimum Gasteiger partial charge on any atom is -0.480 e. The summed E-state index contributed by atoms with van der Waals surface area (Å²) >= 11 is 1.65. The van der Waals surface area contributed by atoms with E-state index in [0.29, 0.717) is 13.1 Å². The molecule has 0 aromatic carbocycles. The summed E-state index contributed by atoms with van der Waals surface area (Å²) in [6.45, 7) is 6.41. The Bertz CT molecular complexity index is 676. The maximum atomic E-state index is 12.4. The van der Waals surface area contributed by atoms with Gasteiger partial charge in [-0.1, -0.05) is 6.92 Å². The summed E-state index contributed by atoms with van der Waals surface area (Å²) in [6, 6.07) is -0.869. The number of hydrogen-bond donors (Lipinski definition) is 4. The fourth-order valence-corrected chi connectivity index (χ4v) is 7.03. The first-order valence-electron chi connectivity index (χ1n) is 9.94. The number of amides is 3. The van der Waals surface area contributed by atoms with Crippen LogP contribution in [-0.2, 0) is 9.59 Å². The molecule has 4 aliphatic heterocycles. The molecule has 4 rings (SSSR count). The molecule has 4 saturated heterocycles. The minimum atomic E-state index is -0.972. The van der Waals surface area contributed by atoms with E-state index in [4.69, 9.17) is 0 Å². The first kappa shape index (κ1) is 19.8. The molecule has 8 atom stereocenters. The van der Waals surface area contributed by atoms with Crippen LogP contribution >= 0.6 is 11.8 Å². The Morgan fingerprint density at radius 3 is 2.75 bits per heavy atom. The lowest BCUT2D eigenvalue weighted by Gasteiger charge is -2.47. The molecule has 0 aromatic heterocycles. The summed E-state index contributed by atoms with van der Waals surface area (Å²) in [6.07, 6.45) is 0.0983. The van der Waals surface area contributed by atoms with Crippen LogP contribution in [0, 0.1) is 11.8 Å². The zero-order valence-corrected chi connectivity index (χ0v) is 16.9. The largest absolute Gasteiger partial charge is 0.480 e. The Morgan fingerprint density at radius 2 is 2.14 bits per heavy atom. The number of carbonyl (C=O) groups is 3. The van der Waals surface area contributed by atoms with Crippen molar-refractivity contribution >= 4 is 29.7 Å². The number of β-lactam (4-membered cyclic amide) rings is 1. The lowest BCUT2D eigenvalue weighted by Crippen LogP contribution is -2.65. The standard InChI is InChI=1S/C18H28N4O5S/c1-8-13-12(9(2)23)16(24)22(13)14(17(25)26)15(8)28-11-5-10(20-6-11)7-21-4-3-19-18(21)27/h8-15,20,23H,3-7H2,1-2H3,(H,19,27)(H,25,26)/t8-,9-,10+,11+,12-,13-,14?,15?/m1/s1. The third-order valence-electron chi connectivity index (χ3n) is 6.59. The van der Waals surface area contributed by atoms with Crippen LogP contribution in [0.25, 0.3) is 0 Å². The van der Waals surface area contributed by atoms with Crippen molar-refractivity contribution in [2.24, 2.45) is 11.8 Å². The smallest absolute Gasteiger partial charge is 0.327 e. The molecule has 28 heavy (non-hydrogen) atoms. The van der Waals surface area contributed by atoms with Gasteiger partial charge in [-0.05, 0) is 19.3 Å². The zero-order valence-electron chi connectivity index (χ0n) is 16.1. The molecule has 0 aliphatic carbocycles. The van der Waals surface area contributed by atoms with E-state index in [2.05, 4.69) is 10.6 Å². The molecule has 0 saturated carbocycles. The number of thioether (sulfide) groups is 1. The van der Waals surface area contributed by atoms with Crippen molar-refractivity contribution in [3.8, 4) is 0 Å². The maximum absolute atomic E-state index is 12.4. The van der Waals surface area contributed by atoms with E-state index in [1.54, 1.807) is 23.6 Å². The van der Waals surface area contributed by atoms with E-state index in [1.165, 1.54) is 4.90 Å². The molecule has 2 unspecified atom stereocenters. The number of fused-ring (bicyclic) bond motifs is 1. The highest BCUT2D eigenvalue weighted by Gasteiger charge is 2.64. The quantitative estimate of drug-likeness (QED) is 0.420. The van der Waals surface area contributed by atoms with Crippen LogP contribution in [0.15, 0.2) is 0 Å². The van der Waals surface area contributed by atoms with Gasteiger partial charge < -0.3 is 30.6 Å². The van der Waals surface area contributed by atoms with Crippen molar-refractivity contribution in [2.75, 3.05) is 26.2 Å². The highest BCUT2D eigenvalue weighted by molar-refractivity contribution is 8.00. The lowest BCUT2D eigenvalue weighted by molar-refractivity contribution is -0.170. The van der Waals surface area contributed by atoms with Crippen molar-refractivity contribution in [1.29, 1.82) is 0 Å². The van der Waals surface area contributed by atoms with Crippen molar-refractivity contribution in [3.63, 3.8) is 0 Å². The number of carboxylic acids is 1. The van der Waals surface area contributed by atoms with Crippen LogP contribution in [0.2, 0.25) is 0 Å². The molecule has 4 N–H and O–H groups in total. The Labute approximate surface area is 168 Å². The molecule has 0 radical (unpaired) electrons. The van der Waals surface area contributed by atoms with Gasteiger partial charge in [0, 0.05) is 42.7 Å². The van der Waals surface area contributed by atoms with Crippen molar-refractivity contribution in [3.05, 3.63) is 0 Å². The number of carbonyl (C=O) groups excluding carboxylic acids is 2. The number of hydrogen-bond acceptors (Lipinski definition) is 6. The topological polar surface area (TPSA) is 122 Å². The van der Waals surface area contributed by atoms with Gasteiger partial charge in [0.1, 0.15) is 6.04 Å². The summed E-state index contributed by atoms with van der Waals surface area (Å²) in [5, 5.41) is 26.0. The second kappa shape index (κ2) is 7.38. The van der Waals surface area contributed by atoms with Crippen molar-refractivity contribution < 1.29 is 24.6 Å². The zero-order chi connectivity index (χ0) is 20.2. The monoisotopic (exact) mass is 412 g/mol. The first-order valence-corrected chi connectivity index (χ1v) is 10.9. The SMILES string of the molecule is C[C@@H](O)[C@H]1C(=O)N2C(C(=O)O)C(S[C@@H]3CN[C@H](CN4CCNC4=O)C3)[C@H](C)[C@H]12. The average Bonchev–Trinajstić information content (AvgIpc) is 3.28. The molecular formula is C18H28N4O5S. The fraction of sp³-hybridized carbons (Fsp3) is 0.833. The van der Waals surface area contributed by atoms with Gasteiger partial charge in [-0.2, -0.15) is 11.8 Å². The lowest BCUT2D eigenvalue weighted by atomic mass is 9.79. The van der Waals surface area contributed by atoms with Crippen LogP contribution in [0.5, 0.6) is 0 Å². The number of urea groups is 1.